The Bertz CT molecular complexity index is 826. The van der Waals surface area contributed by atoms with Gasteiger partial charge in [-0.25, -0.2) is 4.98 Å². The van der Waals surface area contributed by atoms with Gasteiger partial charge in [0.2, 0.25) is 0 Å². The van der Waals surface area contributed by atoms with Crippen molar-refractivity contribution in [1.29, 1.82) is 0 Å². The van der Waals surface area contributed by atoms with Gasteiger partial charge in [0.25, 0.3) is 5.91 Å². The van der Waals surface area contributed by atoms with Gasteiger partial charge in [0.15, 0.2) is 5.13 Å². The molecule has 0 aliphatic carbocycles. The van der Waals surface area contributed by atoms with E-state index in [2.05, 4.69) is 34.7 Å². The van der Waals surface area contributed by atoms with E-state index in [9.17, 15) is 4.79 Å². The van der Waals surface area contributed by atoms with E-state index >= 15 is 0 Å². The predicted molar refractivity (Wildman–Crippen MR) is 122 cm³/mol. The van der Waals surface area contributed by atoms with Crippen molar-refractivity contribution in [3.05, 3.63) is 40.7 Å². The van der Waals surface area contributed by atoms with Crippen LogP contribution in [0.2, 0.25) is 0 Å². The molecule has 2 saturated heterocycles. The first-order valence-electron chi connectivity index (χ1n) is 11.3. The predicted octanol–water partition coefficient (Wildman–Crippen LogP) is 4.00. The number of anilines is 1. The van der Waals surface area contributed by atoms with Gasteiger partial charge >= 0.3 is 0 Å². The van der Waals surface area contributed by atoms with Gasteiger partial charge in [-0.15, -0.1) is 11.3 Å². The van der Waals surface area contributed by atoms with E-state index in [1.54, 1.807) is 6.20 Å². The standard InChI is InChI=1S/C23H33N5OS/c1-3-27(4-2)23-25-15-20(30-23)17-26-11-7-8-19(16-26)21-10-9-18(14-24-21)22(29)28-12-5-6-13-28/h9-10,14-15,19H,3-8,11-13,16-17H2,1-2H3/t19-/m1/s1. The zero-order valence-electron chi connectivity index (χ0n) is 18.2. The largest absolute Gasteiger partial charge is 0.349 e. The number of likely N-dealkylation sites (tertiary alicyclic amines) is 2. The molecule has 0 aromatic carbocycles. The molecule has 4 heterocycles. The molecule has 0 unspecified atom stereocenters. The highest BCUT2D eigenvalue weighted by Crippen LogP contribution is 2.29. The first-order valence-corrected chi connectivity index (χ1v) is 12.2. The number of hydrogen-bond acceptors (Lipinski definition) is 6. The smallest absolute Gasteiger partial charge is 0.255 e. The number of piperidine rings is 1. The molecule has 30 heavy (non-hydrogen) atoms. The van der Waals surface area contributed by atoms with Crippen molar-refractivity contribution < 1.29 is 4.79 Å². The first-order chi connectivity index (χ1) is 14.7. The summed E-state index contributed by atoms with van der Waals surface area (Å²) in [5, 5.41) is 1.13. The summed E-state index contributed by atoms with van der Waals surface area (Å²) in [6.07, 6.45) is 8.41. The third-order valence-electron chi connectivity index (χ3n) is 6.31. The molecular formula is C23H33N5OS. The average molecular weight is 428 g/mol. The number of amides is 1. The highest BCUT2D eigenvalue weighted by atomic mass is 32.1. The van der Waals surface area contributed by atoms with Crippen molar-refractivity contribution in [3.8, 4) is 0 Å². The second-order valence-electron chi connectivity index (χ2n) is 8.33. The minimum Gasteiger partial charge on any atom is -0.349 e. The third-order valence-corrected chi connectivity index (χ3v) is 7.35. The SMILES string of the molecule is CCN(CC)c1ncc(CN2CCC[C@@H](c3ccc(C(=O)N4CCCC4)cn3)C2)s1. The van der Waals surface area contributed by atoms with Crippen LogP contribution in [0.25, 0.3) is 0 Å². The Morgan fingerprint density at radius 1 is 1.10 bits per heavy atom. The molecule has 4 rings (SSSR count). The van der Waals surface area contributed by atoms with Gasteiger partial charge in [-0.2, -0.15) is 0 Å². The van der Waals surface area contributed by atoms with Crippen molar-refractivity contribution in [2.45, 2.75) is 52.0 Å². The van der Waals surface area contributed by atoms with Gasteiger partial charge in [-0.3, -0.25) is 14.7 Å². The van der Waals surface area contributed by atoms with Crippen molar-refractivity contribution in [2.75, 3.05) is 44.2 Å². The van der Waals surface area contributed by atoms with Crippen LogP contribution < -0.4 is 4.90 Å². The summed E-state index contributed by atoms with van der Waals surface area (Å²) < 4.78 is 0. The number of thiazole rings is 1. The maximum Gasteiger partial charge on any atom is 0.255 e. The molecule has 0 bridgehead atoms. The summed E-state index contributed by atoms with van der Waals surface area (Å²) in [7, 11) is 0. The second-order valence-corrected chi connectivity index (χ2v) is 9.42. The van der Waals surface area contributed by atoms with Gasteiger partial charge in [-0.05, 0) is 58.2 Å². The van der Waals surface area contributed by atoms with E-state index in [1.165, 1.54) is 11.3 Å². The number of rotatable bonds is 7. The van der Waals surface area contributed by atoms with Gasteiger partial charge in [0.05, 0.1) is 5.56 Å². The molecule has 2 aliphatic heterocycles. The Morgan fingerprint density at radius 2 is 1.90 bits per heavy atom. The fraction of sp³-hybridized carbons (Fsp3) is 0.609. The minimum atomic E-state index is 0.131. The Labute approximate surface area is 183 Å². The number of nitrogens with zero attached hydrogens (tertiary/aromatic N) is 5. The first kappa shape index (κ1) is 21.2. The fourth-order valence-corrected chi connectivity index (χ4v) is 5.63. The molecule has 0 N–H and O–H groups in total. The van der Waals surface area contributed by atoms with Gasteiger partial charge < -0.3 is 9.80 Å². The summed E-state index contributed by atoms with van der Waals surface area (Å²) in [4.78, 5) is 30.0. The lowest BCUT2D eigenvalue weighted by atomic mass is 9.94. The number of hydrogen-bond donors (Lipinski definition) is 0. The van der Waals surface area contributed by atoms with E-state index in [-0.39, 0.29) is 5.91 Å². The molecule has 1 atom stereocenters. The second kappa shape index (κ2) is 9.88. The lowest BCUT2D eigenvalue weighted by molar-refractivity contribution is 0.0792. The Kier molecular flexibility index (Phi) is 7.00. The third kappa shape index (κ3) is 4.83. The molecule has 2 fully saturated rings. The highest BCUT2D eigenvalue weighted by Gasteiger charge is 2.24. The molecular weight excluding hydrogens is 394 g/mol. The molecule has 0 saturated carbocycles. The van der Waals surface area contributed by atoms with Gasteiger partial charge in [0.1, 0.15) is 0 Å². The fourth-order valence-electron chi connectivity index (χ4n) is 4.55. The summed E-state index contributed by atoms with van der Waals surface area (Å²) in [5.74, 6) is 0.566. The van der Waals surface area contributed by atoms with Crippen LogP contribution in [0.15, 0.2) is 24.5 Å². The van der Waals surface area contributed by atoms with E-state index < -0.39 is 0 Å². The maximum absolute atomic E-state index is 12.6. The van der Waals surface area contributed by atoms with Crippen molar-refractivity contribution >= 4 is 22.4 Å². The molecule has 6 nitrogen and oxygen atoms in total. The number of aromatic nitrogens is 2. The Hall–Kier alpha value is -1.99. The zero-order valence-corrected chi connectivity index (χ0v) is 19.0. The summed E-state index contributed by atoms with van der Waals surface area (Å²) in [5.41, 5.74) is 1.84. The maximum atomic E-state index is 12.6. The highest BCUT2D eigenvalue weighted by molar-refractivity contribution is 7.15. The summed E-state index contributed by atoms with van der Waals surface area (Å²) >= 11 is 1.81. The quantitative estimate of drug-likeness (QED) is 0.668. The molecule has 7 heteroatoms. The van der Waals surface area contributed by atoms with Crippen molar-refractivity contribution in [2.24, 2.45) is 0 Å². The van der Waals surface area contributed by atoms with Crippen molar-refractivity contribution in [1.82, 2.24) is 19.8 Å². The molecule has 2 aromatic rings. The van der Waals surface area contributed by atoms with Gasteiger partial charge in [0, 0.05) is 68.2 Å². The zero-order chi connectivity index (χ0) is 20.9. The Balaban J connectivity index is 1.36. The van der Waals surface area contributed by atoms with Crippen LogP contribution in [0.4, 0.5) is 5.13 Å². The summed E-state index contributed by atoms with van der Waals surface area (Å²) in [6, 6.07) is 4.05. The summed E-state index contributed by atoms with van der Waals surface area (Å²) in [6.45, 7) is 11.2. The van der Waals surface area contributed by atoms with Crippen LogP contribution >= 0.6 is 11.3 Å². The topological polar surface area (TPSA) is 52.6 Å². The molecule has 1 amide bonds. The van der Waals surface area contributed by atoms with Crippen molar-refractivity contribution in [3.63, 3.8) is 0 Å². The molecule has 0 spiro atoms. The van der Waals surface area contributed by atoms with Crippen LogP contribution in [0.5, 0.6) is 0 Å². The Morgan fingerprint density at radius 3 is 2.60 bits per heavy atom. The monoisotopic (exact) mass is 427 g/mol. The van der Waals surface area contributed by atoms with Crippen LogP contribution in [0.1, 0.15) is 66.4 Å². The van der Waals surface area contributed by atoms with E-state index in [4.69, 9.17) is 4.98 Å². The molecule has 2 aromatic heterocycles. The van der Waals surface area contributed by atoms with E-state index in [0.29, 0.717) is 5.92 Å². The minimum absolute atomic E-state index is 0.131. The normalized spacial score (nSPS) is 19.9. The van der Waals surface area contributed by atoms with E-state index in [0.717, 1.165) is 81.5 Å². The average Bonchev–Trinajstić information content (AvgIpc) is 3.47. The van der Waals surface area contributed by atoms with Crippen LogP contribution in [-0.4, -0.2) is 64.9 Å². The van der Waals surface area contributed by atoms with Crippen LogP contribution in [0, 0.1) is 0 Å². The van der Waals surface area contributed by atoms with Crippen LogP contribution in [-0.2, 0) is 6.54 Å². The molecule has 162 valence electrons. The lowest BCUT2D eigenvalue weighted by Gasteiger charge is -2.32. The number of pyridine rings is 1. The van der Waals surface area contributed by atoms with E-state index in [1.807, 2.05) is 28.5 Å². The van der Waals surface area contributed by atoms with Gasteiger partial charge in [-0.1, -0.05) is 0 Å². The lowest BCUT2D eigenvalue weighted by Crippen LogP contribution is -2.34. The van der Waals surface area contributed by atoms with Crippen LogP contribution in [0.3, 0.4) is 0 Å². The molecule has 0 radical (unpaired) electrons. The molecule has 2 aliphatic rings. The number of carbonyl (C=O) groups excluding carboxylic acids is 1. The number of carbonyl (C=O) groups is 1.